The number of benzene rings is 1. The third-order valence-electron chi connectivity index (χ3n) is 6.26. The summed E-state index contributed by atoms with van der Waals surface area (Å²) in [7, 11) is 0. The van der Waals surface area contributed by atoms with Crippen molar-refractivity contribution in [3.05, 3.63) is 70.2 Å². The summed E-state index contributed by atoms with van der Waals surface area (Å²) in [6.45, 7) is 12.4. The van der Waals surface area contributed by atoms with Gasteiger partial charge in [0.05, 0.1) is 5.69 Å². The Morgan fingerprint density at radius 2 is 1.81 bits per heavy atom. The van der Waals surface area contributed by atoms with Crippen LogP contribution in [0.4, 0.5) is 0 Å². The fourth-order valence-corrected chi connectivity index (χ4v) is 4.41. The summed E-state index contributed by atoms with van der Waals surface area (Å²) in [4.78, 5) is 20.5. The van der Waals surface area contributed by atoms with E-state index in [-0.39, 0.29) is 5.91 Å². The summed E-state index contributed by atoms with van der Waals surface area (Å²) in [5.74, 6) is 0.177. The summed E-state index contributed by atoms with van der Waals surface area (Å²) in [5.41, 5.74) is 7.96. The third kappa shape index (κ3) is 4.91. The average Bonchev–Trinajstić information content (AvgIpc) is 3.13. The van der Waals surface area contributed by atoms with Crippen LogP contribution in [0.5, 0.6) is 0 Å². The van der Waals surface area contributed by atoms with Gasteiger partial charge in [-0.3, -0.25) is 9.69 Å². The van der Waals surface area contributed by atoms with Gasteiger partial charge in [-0.25, -0.2) is 9.50 Å². The van der Waals surface area contributed by atoms with Crippen LogP contribution in [0.3, 0.4) is 0 Å². The number of aryl methyl sites for hydroxylation is 3. The van der Waals surface area contributed by atoms with E-state index in [9.17, 15) is 4.79 Å². The van der Waals surface area contributed by atoms with Gasteiger partial charge in [0, 0.05) is 63.0 Å². The summed E-state index contributed by atoms with van der Waals surface area (Å²) in [5, 5.41) is 4.80. The summed E-state index contributed by atoms with van der Waals surface area (Å²) in [6, 6.07) is 10.9. The molecule has 0 N–H and O–H groups in total. The fraction of sp³-hybridized carbons (Fsp3) is 0.423. The molecule has 0 spiro atoms. The highest BCUT2D eigenvalue weighted by molar-refractivity contribution is 5.73. The second-order valence-corrected chi connectivity index (χ2v) is 8.68. The number of nitrogens with zero attached hydrogens (tertiary/aromatic N) is 5. The highest BCUT2D eigenvalue weighted by atomic mass is 16.2. The molecule has 1 amide bonds. The number of carbonyl (C=O) groups is 1. The number of aromatic nitrogens is 3. The molecule has 1 aliphatic heterocycles. The molecule has 0 aliphatic carbocycles. The minimum absolute atomic E-state index is 0.177. The van der Waals surface area contributed by atoms with Crippen molar-refractivity contribution in [2.45, 2.75) is 40.5 Å². The van der Waals surface area contributed by atoms with Gasteiger partial charge in [-0.1, -0.05) is 43.3 Å². The average molecular weight is 432 g/mol. The van der Waals surface area contributed by atoms with Gasteiger partial charge in [-0.05, 0) is 37.5 Å². The smallest absolute Gasteiger partial charge is 0.219 e. The number of rotatable bonds is 6. The van der Waals surface area contributed by atoms with Crippen LogP contribution < -0.4 is 0 Å². The SMILES string of the molecule is CCc1nn2c(C)cc(C)nc2c1Cc1ccc(/C=C/CN2CCN(C(C)=O)CC2)cc1. The molecule has 3 heterocycles. The van der Waals surface area contributed by atoms with Gasteiger partial charge >= 0.3 is 0 Å². The van der Waals surface area contributed by atoms with Gasteiger partial charge in [0.1, 0.15) is 0 Å². The lowest BCUT2D eigenvalue weighted by molar-refractivity contribution is -0.130. The van der Waals surface area contributed by atoms with Gasteiger partial charge in [0.2, 0.25) is 5.91 Å². The molecule has 0 atom stereocenters. The molecule has 0 bridgehead atoms. The number of carbonyl (C=O) groups excluding carboxylic acids is 1. The van der Waals surface area contributed by atoms with E-state index in [0.717, 1.165) is 68.3 Å². The molecule has 1 aromatic carbocycles. The number of hydrogen-bond donors (Lipinski definition) is 0. The molecule has 2 aromatic heterocycles. The molecule has 0 saturated carbocycles. The van der Waals surface area contributed by atoms with E-state index in [1.54, 1.807) is 6.92 Å². The summed E-state index contributed by atoms with van der Waals surface area (Å²) in [6.07, 6.45) is 6.14. The molecule has 32 heavy (non-hydrogen) atoms. The van der Waals surface area contributed by atoms with Crippen molar-refractivity contribution in [3.8, 4) is 0 Å². The lowest BCUT2D eigenvalue weighted by Crippen LogP contribution is -2.47. The van der Waals surface area contributed by atoms with Crippen molar-refractivity contribution in [1.29, 1.82) is 0 Å². The third-order valence-corrected chi connectivity index (χ3v) is 6.26. The molecule has 1 saturated heterocycles. The van der Waals surface area contributed by atoms with Crippen LogP contribution in [0, 0.1) is 13.8 Å². The van der Waals surface area contributed by atoms with E-state index >= 15 is 0 Å². The first-order valence-corrected chi connectivity index (χ1v) is 11.5. The normalized spacial score (nSPS) is 15.2. The standard InChI is InChI=1S/C26H33N5O/c1-5-25-24(26-27-19(2)17-20(3)31(26)28-25)18-23-10-8-22(9-11-23)7-6-12-29-13-15-30(16-14-29)21(4)32/h6-11,17H,5,12-16,18H2,1-4H3/b7-6+. The van der Waals surface area contributed by atoms with Gasteiger partial charge in [-0.2, -0.15) is 5.10 Å². The van der Waals surface area contributed by atoms with E-state index in [2.05, 4.69) is 61.2 Å². The Balaban J connectivity index is 1.40. The van der Waals surface area contributed by atoms with E-state index < -0.39 is 0 Å². The predicted octanol–water partition coefficient (Wildman–Crippen LogP) is 3.68. The van der Waals surface area contributed by atoms with E-state index in [1.807, 2.05) is 16.3 Å². The van der Waals surface area contributed by atoms with Crippen molar-refractivity contribution in [3.63, 3.8) is 0 Å². The predicted molar refractivity (Wildman–Crippen MR) is 129 cm³/mol. The molecule has 6 nitrogen and oxygen atoms in total. The molecular weight excluding hydrogens is 398 g/mol. The zero-order valence-corrected chi connectivity index (χ0v) is 19.6. The molecule has 1 aliphatic rings. The first-order valence-electron chi connectivity index (χ1n) is 11.5. The lowest BCUT2D eigenvalue weighted by atomic mass is 10.0. The summed E-state index contributed by atoms with van der Waals surface area (Å²) >= 11 is 0. The van der Waals surface area contributed by atoms with E-state index in [0.29, 0.717) is 0 Å². The largest absolute Gasteiger partial charge is 0.340 e. The first-order chi connectivity index (χ1) is 15.4. The highest BCUT2D eigenvalue weighted by Crippen LogP contribution is 2.21. The molecular formula is C26H33N5O. The van der Waals surface area contributed by atoms with Crippen LogP contribution in [0.2, 0.25) is 0 Å². The Labute approximate surface area is 190 Å². The Morgan fingerprint density at radius 3 is 2.47 bits per heavy atom. The molecule has 4 rings (SSSR count). The first kappa shape index (κ1) is 22.2. The number of fused-ring (bicyclic) bond motifs is 1. The van der Waals surface area contributed by atoms with Crippen molar-refractivity contribution in [2.24, 2.45) is 0 Å². The van der Waals surface area contributed by atoms with Gasteiger partial charge < -0.3 is 4.90 Å². The molecule has 0 radical (unpaired) electrons. The van der Waals surface area contributed by atoms with Crippen LogP contribution in [0.1, 0.15) is 47.6 Å². The Kier molecular flexibility index (Phi) is 6.70. The van der Waals surface area contributed by atoms with Crippen LogP contribution >= 0.6 is 0 Å². The molecule has 6 heteroatoms. The highest BCUT2D eigenvalue weighted by Gasteiger charge is 2.17. The van der Waals surface area contributed by atoms with Crippen molar-refractivity contribution >= 4 is 17.6 Å². The summed E-state index contributed by atoms with van der Waals surface area (Å²) < 4.78 is 1.98. The number of amides is 1. The van der Waals surface area contributed by atoms with Gasteiger partial charge in [0.15, 0.2) is 5.65 Å². The Morgan fingerprint density at radius 1 is 1.09 bits per heavy atom. The van der Waals surface area contributed by atoms with E-state index in [4.69, 9.17) is 10.1 Å². The maximum atomic E-state index is 11.4. The quantitative estimate of drug-likeness (QED) is 0.598. The van der Waals surface area contributed by atoms with Crippen LogP contribution in [0.15, 0.2) is 36.4 Å². The molecule has 3 aromatic rings. The second-order valence-electron chi connectivity index (χ2n) is 8.68. The zero-order chi connectivity index (χ0) is 22.7. The monoisotopic (exact) mass is 431 g/mol. The Bertz CT molecular complexity index is 1120. The minimum atomic E-state index is 0.177. The number of piperazine rings is 1. The van der Waals surface area contributed by atoms with Crippen molar-refractivity contribution < 1.29 is 4.79 Å². The number of hydrogen-bond acceptors (Lipinski definition) is 4. The maximum Gasteiger partial charge on any atom is 0.219 e. The maximum absolute atomic E-state index is 11.4. The fourth-order valence-electron chi connectivity index (χ4n) is 4.41. The molecule has 1 fully saturated rings. The lowest BCUT2D eigenvalue weighted by Gasteiger charge is -2.33. The van der Waals surface area contributed by atoms with Crippen LogP contribution in [-0.2, 0) is 17.6 Å². The Hall–Kier alpha value is -2.99. The van der Waals surface area contributed by atoms with Crippen molar-refractivity contribution in [1.82, 2.24) is 24.4 Å². The zero-order valence-electron chi connectivity index (χ0n) is 19.6. The molecule has 0 unspecified atom stereocenters. The minimum Gasteiger partial charge on any atom is -0.340 e. The van der Waals surface area contributed by atoms with Gasteiger partial charge in [0.25, 0.3) is 0 Å². The van der Waals surface area contributed by atoms with Crippen LogP contribution in [0.25, 0.3) is 11.7 Å². The van der Waals surface area contributed by atoms with Gasteiger partial charge in [-0.15, -0.1) is 0 Å². The molecule has 168 valence electrons. The topological polar surface area (TPSA) is 53.7 Å². The van der Waals surface area contributed by atoms with Crippen molar-refractivity contribution in [2.75, 3.05) is 32.7 Å². The van der Waals surface area contributed by atoms with Crippen LogP contribution in [-0.4, -0.2) is 63.0 Å². The second kappa shape index (κ2) is 9.65. The van der Waals surface area contributed by atoms with E-state index in [1.165, 1.54) is 16.7 Å².